The van der Waals surface area contributed by atoms with Gasteiger partial charge in [-0.25, -0.2) is 23.4 Å². The van der Waals surface area contributed by atoms with Crippen LogP contribution in [-0.2, 0) is 26.9 Å². The van der Waals surface area contributed by atoms with Crippen LogP contribution in [0.2, 0.25) is 0 Å². The van der Waals surface area contributed by atoms with Crippen molar-refractivity contribution in [1.82, 2.24) is 19.5 Å². The number of aromatic nitrogens is 4. The van der Waals surface area contributed by atoms with E-state index >= 15 is 0 Å². The number of nitrogens with one attached hydrogen (secondary N) is 2. The maximum absolute atomic E-state index is 13.1. The third-order valence-electron chi connectivity index (χ3n) is 5.20. The Morgan fingerprint density at radius 3 is 2.24 bits per heavy atom. The van der Waals surface area contributed by atoms with Gasteiger partial charge in [0.15, 0.2) is 38.0 Å². The van der Waals surface area contributed by atoms with Crippen molar-refractivity contribution in [2.24, 2.45) is 7.05 Å². The van der Waals surface area contributed by atoms with Gasteiger partial charge < -0.3 is 24.1 Å². The van der Waals surface area contributed by atoms with Crippen LogP contribution in [-0.4, -0.2) is 69.2 Å². The Bertz CT molecular complexity index is 1690. The Kier molecular flexibility index (Phi) is 7.59. The molecule has 0 aliphatic rings. The van der Waals surface area contributed by atoms with E-state index < -0.39 is 19.9 Å². The maximum Gasteiger partial charge on any atom is 0.282 e. The van der Waals surface area contributed by atoms with Crippen molar-refractivity contribution in [2.75, 3.05) is 42.9 Å². The fourth-order valence-electron chi connectivity index (χ4n) is 3.38. The Morgan fingerprint density at radius 1 is 0.974 bits per heavy atom. The lowest BCUT2D eigenvalue weighted by Gasteiger charge is -2.19. The Balaban J connectivity index is 1.80. The second kappa shape index (κ2) is 10.7. The van der Waals surface area contributed by atoms with Crippen molar-refractivity contribution < 1.29 is 31.0 Å². The number of fused-ring (bicyclic) bond motifs is 1. The first-order chi connectivity index (χ1) is 18.0. The highest BCUT2D eigenvalue weighted by molar-refractivity contribution is 7.92. The first-order valence-corrected chi connectivity index (χ1v) is 14.6. The minimum atomic E-state index is -4.11. The van der Waals surface area contributed by atoms with Gasteiger partial charge in [0, 0.05) is 31.6 Å². The van der Waals surface area contributed by atoms with E-state index in [0.717, 1.165) is 6.26 Å². The number of anilines is 3. The first kappa shape index (κ1) is 26.9. The molecule has 0 spiro atoms. The zero-order valence-electron chi connectivity index (χ0n) is 21.0. The fraction of sp³-hybridized carbons (Fsp3) is 0.261. The van der Waals surface area contributed by atoms with E-state index in [-0.39, 0.29) is 46.2 Å². The van der Waals surface area contributed by atoms with Gasteiger partial charge in [0.1, 0.15) is 12.4 Å². The summed E-state index contributed by atoms with van der Waals surface area (Å²) < 4.78 is 69.9. The molecule has 2 aromatic heterocycles. The lowest BCUT2D eigenvalue weighted by Crippen LogP contribution is -2.17. The number of hydrogen-bond donors (Lipinski definition) is 2. The van der Waals surface area contributed by atoms with Gasteiger partial charge in [-0.2, -0.15) is 8.42 Å². The van der Waals surface area contributed by atoms with Crippen molar-refractivity contribution in [1.29, 1.82) is 0 Å². The van der Waals surface area contributed by atoms with Gasteiger partial charge in [-0.05, 0) is 12.1 Å². The van der Waals surface area contributed by atoms with Gasteiger partial charge in [0.2, 0.25) is 0 Å². The smallest absolute Gasteiger partial charge is 0.282 e. The van der Waals surface area contributed by atoms with E-state index in [2.05, 4.69) is 25.0 Å². The molecule has 0 saturated carbocycles. The predicted octanol–water partition coefficient (Wildman–Crippen LogP) is 2.35. The molecular weight excluding hydrogens is 536 g/mol. The van der Waals surface area contributed by atoms with E-state index in [1.165, 1.54) is 31.3 Å². The van der Waals surface area contributed by atoms with Gasteiger partial charge >= 0.3 is 0 Å². The van der Waals surface area contributed by atoms with Gasteiger partial charge in [-0.3, -0.25) is 4.72 Å². The zero-order valence-corrected chi connectivity index (χ0v) is 22.6. The summed E-state index contributed by atoms with van der Waals surface area (Å²) >= 11 is 0. The molecule has 2 aromatic carbocycles. The molecule has 4 rings (SSSR count). The summed E-state index contributed by atoms with van der Waals surface area (Å²) in [5.74, 6) is 0.538. The molecule has 202 valence electrons. The summed E-state index contributed by atoms with van der Waals surface area (Å²) in [6, 6.07) is 10.1. The molecule has 2 N–H and O–H groups in total. The molecule has 0 radical (unpaired) electrons. The summed E-state index contributed by atoms with van der Waals surface area (Å²) in [4.78, 5) is 12.9. The van der Waals surface area contributed by atoms with Crippen molar-refractivity contribution >= 4 is 48.2 Å². The van der Waals surface area contributed by atoms with E-state index in [0.29, 0.717) is 16.8 Å². The summed E-state index contributed by atoms with van der Waals surface area (Å²) in [7, 11) is -2.87. The molecule has 2 heterocycles. The van der Waals surface area contributed by atoms with E-state index in [1.54, 1.807) is 43.4 Å². The summed E-state index contributed by atoms with van der Waals surface area (Å²) in [6.45, 7) is -0.154. The number of aryl methyl sites for hydroxylation is 1. The minimum absolute atomic E-state index is 0.0477. The van der Waals surface area contributed by atoms with Crippen LogP contribution >= 0.6 is 0 Å². The number of benzene rings is 2. The highest BCUT2D eigenvalue weighted by Gasteiger charge is 2.23. The molecule has 0 aliphatic heterocycles. The average molecular weight is 563 g/mol. The first-order valence-electron chi connectivity index (χ1n) is 11.1. The highest BCUT2D eigenvalue weighted by Crippen LogP contribution is 2.41. The van der Waals surface area contributed by atoms with Crippen LogP contribution in [0, 0.1) is 0 Å². The molecule has 0 amide bonds. The Morgan fingerprint density at radius 2 is 1.66 bits per heavy atom. The number of methoxy groups -OCH3 is 2. The largest absolute Gasteiger partial charge is 0.497 e. The van der Waals surface area contributed by atoms with Crippen LogP contribution in [0.25, 0.3) is 11.0 Å². The topological polar surface area (TPSA) is 164 Å². The molecule has 0 saturated heterocycles. The van der Waals surface area contributed by atoms with Crippen molar-refractivity contribution in [3.63, 3.8) is 0 Å². The van der Waals surface area contributed by atoms with Gasteiger partial charge in [-0.1, -0.05) is 12.1 Å². The number of ether oxygens (including phenoxy) is 3. The fourth-order valence-corrected chi connectivity index (χ4v) is 4.75. The normalized spacial score (nSPS) is 11.8. The molecule has 15 heteroatoms. The lowest BCUT2D eigenvalue weighted by atomic mass is 10.2. The Labute approximate surface area is 219 Å². The van der Waals surface area contributed by atoms with E-state index in [1.807, 2.05) is 0 Å². The second-order valence-electron chi connectivity index (χ2n) is 8.20. The van der Waals surface area contributed by atoms with Gasteiger partial charge in [0.05, 0.1) is 43.0 Å². The molecule has 0 aliphatic carbocycles. The average Bonchev–Trinajstić information content (AvgIpc) is 3.31. The van der Waals surface area contributed by atoms with Gasteiger partial charge in [-0.15, -0.1) is 0 Å². The van der Waals surface area contributed by atoms with Crippen LogP contribution in [0.15, 0.2) is 53.9 Å². The Hall–Kier alpha value is -4.11. The number of nitrogens with zero attached hydrogens (tertiary/aromatic N) is 4. The van der Waals surface area contributed by atoms with Crippen molar-refractivity contribution in [3.8, 4) is 17.2 Å². The number of imidazole rings is 1. The quantitative estimate of drug-likeness (QED) is 0.276. The molecule has 4 aromatic rings. The second-order valence-corrected chi connectivity index (χ2v) is 12.1. The number of rotatable bonds is 11. The van der Waals surface area contributed by atoms with Crippen LogP contribution < -0.4 is 24.2 Å². The van der Waals surface area contributed by atoms with Crippen molar-refractivity contribution in [3.05, 3.63) is 48.9 Å². The standard InChI is InChI=1S/C23H26N6O7S2/c1-29-13-20(24-14-29)38(32,33)28-23-22(25-16-7-5-6-8-17(16)26-23)27-18-11-15(34-2)12-19(35-3)21(18)36-9-10-37(4,30)31/h5-8,11-14H,9-10H2,1-4H3,(H,25,27)(H,26,28). The van der Waals surface area contributed by atoms with Crippen LogP contribution in [0.3, 0.4) is 0 Å². The monoisotopic (exact) mass is 562 g/mol. The predicted molar refractivity (Wildman–Crippen MR) is 142 cm³/mol. The third-order valence-corrected chi connectivity index (χ3v) is 7.33. The number of para-hydroxylation sites is 2. The van der Waals surface area contributed by atoms with E-state index in [9.17, 15) is 16.8 Å². The van der Waals surface area contributed by atoms with Crippen LogP contribution in [0.4, 0.5) is 17.3 Å². The summed E-state index contributed by atoms with van der Waals surface area (Å²) in [5, 5.41) is 2.85. The van der Waals surface area contributed by atoms with E-state index in [4.69, 9.17) is 14.2 Å². The molecule has 0 unspecified atom stereocenters. The number of hydrogen-bond acceptors (Lipinski definition) is 11. The molecule has 0 fully saturated rings. The molecule has 38 heavy (non-hydrogen) atoms. The molecule has 0 atom stereocenters. The molecule has 0 bridgehead atoms. The number of sulfonamides is 1. The van der Waals surface area contributed by atoms with Crippen LogP contribution in [0.5, 0.6) is 17.2 Å². The number of sulfone groups is 1. The summed E-state index contributed by atoms with van der Waals surface area (Å²) in [6.07, 6.45) is 3.82. The zero-order chi connectivity index (χ0) is 27.5. The lowest BCUT2D eigenvalue weighted by molar-refractivity contribution is 0.311. The van der Waals surface area contributed by atoms with Gasteiger partial charge in [0.25, 0.3) is 10.0 Å². The van der Waals surface area contributed by atoms with Crippen molar-refractivity contribution in [2.45, 2.75) is 5.03 Å². The highest BCUT2D eigenvalue weighted by atomic mass is 32.2. The molecular formula is C23H26N6O7S2. The molecule has 13 nitrogen and oxygen atoms in total. The summed E-state index contributed by atoms with van der Waals surface area (Å²) in [5.41, 5.74) is 1.22. The minimum Gasteiger partial charge on any atom is -0.497 e. The van der Waals surface area contributed by atoms with Crippen LogP contribution in [0.1, 0.15) is 0 Å². The maximum atomic E-state index is 13.1. The third kappa shape index (κ3) is 6.23. The SMILES string of the molecule is COc1cc(Nc2nc3ccccc3nc2NS(=O)(=O)c2cn(C)cn2)c(OCCS(C)(=O)=O)c(OC)c1.